The van der Waals surface area contributed by atoms with Gasteiger partial charge in [-0.25, -0.2) is 8.42 Å². The average Bonchev–Trinajstić information content (AvgIpc) is 2.76. The first-order valence-electron chi connectivity index (χ1n) is 10.1. The van der Waals surface area contributed by atoms with Crippen LogP contribution in [0.4, 0.5) is 11.4 Å². The summed E-state index contributed by atoms with van der Waals surface area (Å²) < 4.78 is 33.4. The van der Waals surface area contributed by atoms with E-state index < -0.39 is 22.5 Å². The third-order valence-corrected chi connectivity index (χ3v) is 7.04. The van der Waals surface area contributed by atoms with Crippen LogP contribution < -0.4 is 14.4 Å². The number of rotatable bonds is 8. The van der Waals surface area contributed by atoms with Gasteiger partial charge in [0, 0.05) is 10.7 Å². The molecule has 0 unspecified atom stereocenters. The van der Waals surface area contributed by atoms with Crippen molar-refractivity contribution in [3.05, 3.63) is 82.9 Å². The lowest BCUT2D eigenvalue weighted by Crippen LogP contribution is -2.38. The van der Waals surface area contributed by atoms with Crippen LogP contribution in [0.1, 0.15) is 18.1 Å². The van der Waals surface area contributed by atoms with Gasteiger partial charge in [-0.3, -0.25) is 9.10 Å². The van der Waals surface area contributed by atoms with E-state index in [1.54, 1.807) is 30.3 Å². The average molecular weight is 473 g/mol. The Morgan fingerprint density at radius 1 is 1.00 bits per heavy atom. The molecule has 0 aliphatic carbocycles. The lowest BCUT2D eigenvalue weighted by Gasteiger charge is -2.24. The smallest absolute Gasteiger partial charge is 0.264 e. The van der Waals surface area contributed by atoms with Crippen molar-refractivity contribution in [1.29, 1.82) is 0 Å². The fourth-order valence-electron chi connectivity index (χ4n) is 3.13. The molecule has 0 bridgehead atoms. The van der Waals surface area contributed by atoms with Gasteiger partial charge >= 0.3 is 0 Å². The summed E-state index contributed by atoms with van der Waals surface area (Å²) in [6.07, 6.45) is 0. The lowest BCUT2D eigenvalue weighted by molar-refractivity contribution is -0.114. The summed E-state index contributed by atoms with van der Waals surface area (Å²) in [5.74, 6) is 0.157. The van der Waals surface area contributed by atoms with Crippen LogP contribution in [0.5, 0.6) is 5.75 Å². The first-order valence-corrected chi connectivity index (χ1v) is 11.9. The Morgan fingerprint density at radius 2 is 1.66 bits per heavy atom. The van der Waals surface area contributed by atoms with Crippen LogP contribution in [-0.4, -0.2) is 27.5 Å². The number of anilines is 2. The molecule has 32 heavy (non-hydrogen) atoms. The van der Waals surface area contributed by atoms with E-state index in [9.17, 15) is 13.2 Å². The number of carbonyl (C=O) groups excluding carboxylic acids is 1. The van der Waals surface area contributed by atoms with Gasteiger partial charge in [-0.15, -0.1) is 0 Å². The highest BCUT2D eigenvalue weighted by molar-refractivity contribution is 7.92. The number of aryl methyl sites for hydroxylation is 1. The Balaban J connectivity index is 1.95. The maximum atomic E-state index is 13.4. The van der Waals surface area contributed by atoms with Crippen molar-refractivity contribution in [3.8, 4) is 5.75 Å². The molecule has 3 rings (SSSR count). The van der Waals surface area contributed by atoms with Gasteiger partial charge in [0.2, 0.25) is 5.91 Å². The molecule has 0 fully saturated rings. The normalized spacial score (nSPS) is 11.1. The maximum absolute atomic E-state index is 13.4. The van der Waals surface area contributed by atoms with Crippen molar-refractivity contribution in [2.75, 3.05) is 22.8 Å². The molecule has 3 aromatic rings. The van der Waals surface area contributed by atoms with Gasteiger partial charge in [0.1, 0.15) is 12.3 Å². The van der Waals surface area contributed by atoms with E-state index in [2.05, 4.69) is 5.32 Å². The second-order valence-electron chi connectivity index (χ2n) is 7.19. The largest absolute Gasteiger partial charge is 0.494 e. The molecule has 0 heterocycles. The van der Waals surface area contributed by atoms with Crippen LogP contribution in [-0.2, 0) is 14.8 Å². The second kappa shape index (κ2) is 10.1. The zero-order chi connectivity index (χ0) is 23.3. The molecule has 6 nitrogen and oxygen atoms in total. The molecule has 0 aliphatic rings. The summed E-state index contributed by atoms with van der Waals surface area (Å²) in [6.45, 7) is 5.81. The topological polar surface area (TPSA) is 75.7 Å². The van der Waals surface area contributed by atoms with Crippen LogP contribution in [0, 0.1) is 13.8 Å². The monoisotopic (exact) mass is 472 g/mol. The molecular weight excluding hydrogens is 448 g/mol. The highest BCUT2D eigenvalue weighted by Gasteiger charge is 2.27. The number of nitrogens with zero attached hydrogens (tertiary/aromatic N) is 1. The van der Waals surface area contributed by atoms with E-state index in [-0.39, 0.29) is 4.90 Å². The molecule has 0 saturated heterocycles. The fraction of sp³-hybridized carbons (Fsp3) is 0.208. The van der Waals surface area contributed by atoms with E-state index in [4.69, 9.17) is 16.3 Å². The molecular formula is C24H25ClN2O4S. The quantitative estimate of drug-likeness (QED) is 0.489. The molecule has 0 aromatic heterocycles. The molecule has 0 saturated carbocycles. The molecule has 0 aliphatic heterocycles. The molecule has 1 N–H and O–H groups in total. The number of ether oxygens (including phenoxy) is 1. The Kier molecular flexibility index (Phi) is 7.43. The first-order chi connectivity index (χ1) is 15.2. The van der Waals surface area contributed by atoms with Crippen molar-refractivity contribution < 1.29 is 17.9 Å². The van der Waals surface area contributed by atoms with Crippen LogP contribution in [0.15, 0.2) is 71.6 Å². The standard InChI is InChI=1S/C24H25ClN2O4S/c1-4-31-21-12-10-20(11-13-21)27(32(29,30)22-14-8-19(25)9-15-22)16-24(28)26-23-7-5-6-17(2)18(23)3/h5-15H,4,16H2,1-3H3,(H,26,28). The molecule has 8 heteroatoms. The van der Waals surface area contributed by atoms with Gasteiger partial charge in [0.15, 0.2) is 0 Å². The number of benzene rings is 3. The minimum Gasteiger partial charge on any atom is -0.494 e. The minimum absolute atomic E-state index is 0.0373. The summed E-state index contributed by atoms with van der Waals surface area (Å²) in [5, 5.41) is 3.25. The SMILES string of the molecule is CCOc1ccc(N(CC(=O)Nc2cccc(C)c2C)S(=O)(=O)c2ccc(Cl)cc2)cc1. The van der Waals surface area contributed by atoms with Crippen molar-refractivity contribution in [2.45, 2.75) is 25.7 Å². The molecule has 3 aromatic carbocycles. The summed E-state index contributed by atoms with van der Waals surface area (Å²) >= 11 is 5.92. The van der Waals surface area contributed by atoms with Gasteiger partial charge in [0.05, 0.1) is 17.2 Å². The lowest BCUT2D eigenvalue weighted by atomic mass is 10.1. The van der Waals surface area contributed by atoms with E-state index >= 15 is 0 Å². The van der Waals surface area contributed by atoms with Crippen LogP contribution in [0.3, 0.4) is 0 Å². The van der Waals surface area contributed by atoms with E-state index in [0.717, 1.165) is 15.4 Å². The zero-order valence-electron chi connectivity index (χ0n) is 18.1. The van der Waals surface area contributed by atoms with E-state index in [0.29, 0.717) is 28.8 Å². The van der Waals surface area contributed by atoms with Crippen molar-refractivity contribution in [3.63, 3.8) is 0 Å². The number of hydrogen-bond donors (Lipinski definition) is 1. The molecule has 0 radical (unpaired) electrons. The van der Waals surface area contributed by atoms with Crippen molar-refractivity contribution in [1.82, 2.24) is 0 Å². The Bertz CT molecular complexity index is 1190. The highest BCUT2D eigenvalue weighted by atomic mass is 35.5. The van der Waals surface area contributed by atoms with Crippen LogP contribution in [0.2, 0.25) is 5.02 Å². The Labute approximate surface area is 193 Å². The fourth-order valence-corrected chi connectivity index (χ4v) is 4.68. The number of hydrogen-bond acceptors (Lipinski definition) is 4. The Morgan fingerprint density at radius 3 is 2.28 bits per heavy atom. The molecule has 168 valence electrons. The van der Waals surface area contributed by atoms with Crippen LogP contribution >= 0.6 is 11.6 Å². The molecule has 0 atom stereocenters. The highest BCUT2D eigenvalue weighted by Crippen LogP contribution is 2.27. The van der Waals surface area contributed by atoms with E-state index in [1.807, 2.05) is 32.9 Å². The minimum atomic E-state index is -4.03. The predicted molar refractivity (Wildman–Crippen MR) is 128 cm³/mol. The van der Waals surface area contributed by atoms with E-state index in [1.165, 1.54) is 24.3 Å². The number of sulfonamides is 1. The van der Waals surface area contributed by atoms with Crippen LogP contribution in [0.25, 0.3) is 0 Å². The number of nitrogens with one attached hydrogen (secondary N) is 1. The summed E-state index contributed by atoms with van der Waals surface area (Å²) in [5.41, 5.74) is 2.94. The molecule has 0 spiro atoms. The second-order valence-corrected chi connectivity index (χ2v) is 9.49. The van der Waals surface area contributed by atoms with Gasteiger partial charge in [0.25, 0.3) is 10.0 Å². The number of amides is 1. The predicted octanol–water partition coefficient (Wildman–Crippen LogP) is 5.19. The summed E-state index contributed by atoms with van der Waals surface area (Å²) in [6, 6.07) is 18.0. The third-order valence-electron chi connectivity index (χ3n) is 5.00. The van der Waals surface area contributed by atoms with Gasteiger partial charge < -0.3 is 10.1 Å². The van der Waals surface area contributed by atoms with Gasteiger partial charge in [-0.05, 0) is 86.5 Å². The number of halogens is 1. The van der Waals surface area contributed by atoms with Crippen molar-refractivity contribution in [2.24, 2.45) is 0 Å². The summed E-state index contributed by atoms with van der Waals surface area (Å²) in [4.78, 5) is 12.9. The van der Waals surface area contributed by atoms with Gasteiger partial charge in [-0.1, -0.05) is 23.7 Å². The van der Waals surface area contributed by atoms with Gasteiger partial charge in [-0.2, -0.15) is 0 Å². The van der Waals surface area contributed by atoms with Crippen molar-refractivity contribution >= 4 is 38.9 Å². The summed E-state index contributed by atoms with van der Waals surface area (Å²) in [7, 11) is -4.03. The third kappa shape index (κ3) is 5.41. The molecule has 1 amide bonds. The maximum Gasteiger partial charge on any atom is 0.264 e. The first kappa shape index (κ1) is 23.6. The Hall–Kier alpha value is -3.03. The zero-order valence-corrected chi connectivity index (χ0v) is 19.7. The number of carbonyl (C=O) groups is 1.